The molecular formula is C28H38BrN3O5. The van der Waals surface area contributed by atoms with Gasteiger partial charge in [-0.15, -0.1) is 17.0 Å². The summed E-state index contributed by atoms with van der Waals surface area (Å²) in [7, 11) is 3.19. The van der Waals surface area contributed by atoms with Crippen LogP contribution in [0.25, 0.3) is 0 Å². The van der Waals surface area contributed by atoms with Crippen molar-refractivity contribution in [3.05, 3.63) is 52.1 Å². The van der Waals surface area contributed by atoms with E-state index >= 15 is 0 Å². The second-order valence-electron chi connectivity index (χ2n) is 9.77. The molecule has 8 nitrogen and oxygen atoms in total. The van der Waals surface area contributed by atoms with E-state index in [1.165, 1.54) is 0 Å². The molecule has 0 saturated carbocycles. The monoisotopic (exact) mass is 575 g/mol. The molecule has 0 spiro atoms. The minimum atomic E-state index is -0.263. The molecule has 9 heteroatoms. The largest absolute Gasteiger partial charge is 0.494 e. The molecule has 1 heterocycles. The molecule has 0 saturated heterocycles. The van der Waals surface area contributed by atoms with Crippen molar-refractivity contribution in [2.45, 2.75) is 53.0 Å². The standard InChI is InChI=1S/C28H37N3O5.BrH/c1-8-35-23-13-19-15-31(27(29)20(19)10-18(23)14-25(33)30-6)16-22(32)17-11-21(28(3,4)5)26(34-7)24(12-17)36-9-2;/h10-13,29H,8-9,14-16H2,1-7H3,(H,30,33);1H. The van der Waals surface area contributed by atoms with Crippen LogP contribution < -0.4 is 19.5 Å². The Labute approximate surface area is 229 Å². The van der Waals surface area contributed by atoms with Crippen molar-refractivity contribution in [2.24, 2.45) is 0 Å². The van der Waals surface area contributed by atoms with E-state index in [2.05, 4.69) is 26.1 Å². The quantitative estimate of drug-likeness (QED) is 0.399. The summed E-state index contributed by atoms with van der Waals surface area (Å²) in [6.07, 6.45) is 0.160. The Morgan fingerprint density at radius 2 is 1.70 bits per heavy atom. The van der Waals surface area contributed by atoms with Crippen LogP contribution in [0.3, 0.4) is 0 Å². The summed E-state index contributed by atoms with van der Waals surface area (Å²) in [4.78, 5) is 27.2. The van der Waals surface area contributed by atoms with E-state index < -0.39 is 0 Å². The van der Waals surface area contributed by atoms with Crippen molar-refractivity contribution < 1.29 is 23.8 Å². The number of ether oxygens (including phenoxy) is 3. The first-order chi connectivity index (χ1) is 17.0. The number of likely N-dealkylation sites (N-methyl/N-ethyl adjacent to an activating group) is 1. The van der Waals surface area contributed by atoms with Gasteiger partial charge in [0.1, 0.15) is 11.6 Å². The van der Waals surface area contributed by atoms with Crippen LogP contribution in [-0.4, -0.2) is 56.3 Å². The zero-order valence-corrected chi connectivity index (χ0v) is 24.5. The second kappa shape index (κ2) is 12.4. The van der Waals surface area contributed by atoms with Crippen molar-refractivity contribution in [3.63, 3.8) is 0 Å². The number of methoxy groups -OCH3 is 1. The van der Waals surface area contributed by atoms with Gasteiger partial charge in [0.25, 0.3) is 0 Å². The molecule has 0 aromatic heterocycles. The number of carbonyl (C=O) groups excluding carboxylic acids is 2. The Balaban J connectivity index is 0.00000481. The summed E-state index contributed by atoms with van der Waals surface area (Å²) < 4.78 is 17.2. The third kappa shape index (κ3) is 6.63. The van der Waals surface area contributed by atoms with E-state index in [-0.39, 0.29) is 52.9 Å². The predicted octanol–water partition coefficient (Wildman–Crippen LogP) is 4.68. The SMILES string of the molecule is Br.CCOc1cc2c(cc1CC(=O)NC)C(=N)N(CC(=O)c1cc(OCC)c(OC)c(C(C)(C)C)c1)C2. The Kier molecular flexibility index (Phi) is 10.1. The van der Waals surface area contributed by atoms with E-state index in [1.807, 2.05) is 32.0 Å². The van der Waals surface area contributed by atoms with Gasteiger partial charge in [-0.05, 0) is 49.1 Å². The van der Waals surface area contributed by atoms with Gasteiger partial charge in [0, 0.05) is 35.8 Å². The fourth-order valence-electron chi connectivity index (χ4n) is 4.36. The summed E-state index contributed by atoms with van der Waals surface area (Å²) in [5.41, 5.74) is 3.48. The zero-order chi connectivity index (χ0) is 26.6. The normalized spacial score (nSPS) is 12.5. The lowest BCUT2D eigenvalue weighted by molar-refractivity contribution is -0.119. The molecule has 1 aliphatic rings. The third-order valence-electron chi connectivity index (χ3n) is 6.17. The molecule has 0 radical (unpaired) electrons. The van der Waals surface area contributed by atoms with E-state index in [9.17, 15) is 9.59 Å². The fourth-order valence-corrected chi connectivity index (χ4v) is 4.36. The van der Waals surface area contributed by atoms with Gasteiger partial charge >= 0.3 is 0 Å². The smallest absolute Gasteiger partial charge is 0.224 e. The molecular weight excluding hydrogens is 538 g/mol. The topological polar surface area (TPSA) is 101 Å². The first-order valence-electron chi connectivity index (χ1n) is 12.3. The molecule has 0 aliphatic carbocycles. The highest BCUT2D eigenvalue weighted by Gasteiger charge is 2.30. The van der Waals surface area contributed by atoms with Crippen molar-refractivity contribution in [2.75, 3.05) is 33.9 Å². The van der Waals surface area contributed by atoms with Gasteiger partial charge in [0.2, 0.25) is 5.91 Å². The number of hydrogen-bond acceptors (Lipinski definition) is 6. The number of carbonyl (C=O) groups is 2. The maximum absolute atomic E-state index is 13.4. The number of Topliss-reactive ketones (excluding diaryl/α,β-unsaturated/α-hetero) is 1. The summed E-state index contributed by atoms with van der Waals surface area (Å²) in [5, 5.41) is 11.4. The van der Waals surface area contributed by atoms with Crippen LogP contribution in [0.15, 0.2) is 24.3 Å². The third-order valence-corrected chi connectivity index (χ3v) is 6.17. The number of nitrogens with zero attached hydrogens (tertiary/aromatic N) is 1. The number of amidine groups is 1. The highest BCUT2D eigenvalue weighted by Crippen LogP contribution is 2.40. The average molecular weight is 577 g/mol. The van der Waals surface area contributed by atoms with E-state index in [4.69, 9.17) is 19.6 Å². The van der Waals surface area contributed by atoms with Crippen molar-refractivity contribution in [1.82, 2.24) is 10.2 Å². The van der Waals surface area contributed by atoms with E-state index in [0.29, 0.717) is 48.1 Å². The first kappa shape index (κ1) is 30.2. The van der Waals surface area contributed by atoms with Crippen molar-refractivity contribution >= 4 is 34.5 Å². The van der Waals surface area contributed by atoms with E-state index in [1.54, 1.807) is 25.1 Å². The highest BCUT2D eigenvalue weighted by molar-refractivity contribution is 8.93. The molecule has 1 amide bonds. The van der Waals surface area contributed by atoms with E-state index in [0.717, 1.165) is 16.7 Å². The molecule has 2 aromatic rings. The molecule has 2 N–H and O–H groups in total. The molecule has 0 fully saturated rings. The van der Waals surface area contributed by atoms with Crippen LogP contribution in [-0.2, 0) is 23.2 Å². The number of hydrogen-bond donors (Lipinski definition) is 2. The molecule has 0 unspecified atom stereocenters. The maximum atomic E-state index is 13.4. The van der Waals surface area contributed by atoms with Crippen LogP contribution in [0.4, 0.5) is 0 Å². The average Bonchev–Trinajstić information content (AvgIpc) is 3.12. The number of amides is 1. The van der Waals surface area contributed by atoms with Crippen LogP contribution in [0.2, 0.25) is 0 Å². The summed E-state index contributed by atoms with van der Waals surface area (Å²) in [6, 6.07) is 7.31. The van der Waals surface area contributed by atoms with Gasteiger partial charge in [-0.1, -0.05) is 20.8 Å². The van der Waals surface area contributed by atoms with Crippen LogP contribution in [0.1, 0.15) is 67.2 Å². The zero-order valence-electron chi connectivity index (χ0n) is 22.7. The lowest BCUT2D eigenvalue weighted by Crippen LogP contribution is -2.30. The predicted molar refractivity (Wildman–Crippen MR) is 150 cm³/mol. The van der Waals surface area contributed by atoms with Gasteiger partial charge in [0.15, 0.2) is 17.3 Å². The molecule has 1 aliphatic heterocycles. The Morgan fingerprint density at radius 1 is 1.05 bits per heavy atom. The lowest BCUT2D eigenvalue weighted by Gasteiger charge is -2.25. The summed E-state index contributed by atoms with van der Waals surface area (Å²) in [6.45, 7) is 11.4. The molecule has 37 heavy (non-hydrogen) atoms. The van der Waals surface area contributed by atoms with Crippen LogP contribution >= 0.6 is 17.0 Å². The Morgan fingerprint density at radius 3 is 2.27 bits per heavy atom. The maximum Gasteiger partial charge on any atom is 0.224 e. The highest BCUT2D eigenvalue weighted by atomic mass is 79.9. The fraction of sp³-hybridized carbons (Fsp3) is 0.464. The van der Waals surface area contributed by atoms with Crippen LogP contribution in [0, 0.1) is 5.41 Å². The Hall–Kier alpha value is -3.07. The molecule has 2 aromatic carbocycles. The summed E-state index contributed by atoms with van der Waals surface area (Å²) >= 11 is 0. The van der Waals surface area contributed by atoms with Crippen molar-refractivity contribution in [1.29, 1.82) is 5.41 Å². The van der Waals surface area contributed by atoms with Crippen molar-refractivity contribution in [3.8, 4) is 17.2 Å². The number of fused-ring (bicyclic) bond motifs is 1. The molecule has 0 bridgehead atoms. The molecule has 0 atom stereocenters. The van der Waals surface area contributed by atoms with Gasteiger partial charge in [-0.2, -0.15) is 0 Å². The number of halogens is 1. The number of rotatable bonds is 10. The minimum Gasteiger partial charge on any atom is -0.494 e. The summed E-state index contributed by atoms with van der Waals surface area (Å²) in [5.74, 6) is 1.82. The Bertz CT molecular complexity index is 1170. The van der Waals surface area contributed by atoms with Gasteiger partial charge in [-0.3, -0.25) is 15.0 Å². The second-order valence-corrected chi connectivity index (χ2v) is 9.77. The van der Waals surface area contributed by atoms with Gasteiger partial charge < -0.3 is 24.4 Å². The number of nitrogens with one attached hydrogen (secondary N) is 2. The minimum absolute atomic E-state index is 0. The van der Waals surface area contributed by atoms with Gasteiger partial charge in [0.05, 0.1) is 33.3 Å². The molecule has 202 valence electrons. The van der Waals surface area contributed by atoms with Gasteiger partial charge in [-0.25, -0.2) is 0 Å². The number of ketones is 1. The molecule has 3 rings (SSSR count). The first-order valence-corrected chi connectivity index (χ1v) is 12.3. The lowest BCUT2D eigenvalue weighted by atomic mass is 9.84. The number of benzene rings is 2. The van der Waals surface area contributed by atoms with Crippen LogP contribution in [0.5, 0.6) is 17.2 Å².